The summed E-state index contributed by atoms with van der Waals surface area (Å²) >= 11 is 3.73. The lowest BCUT2D eigenvalue weighted by molar-refractivity contribution is -0.202. The van der Waals surface area contributed by atoms with Crippen LogP contribution in [0.1, 0.15) is 27.2 Å². The first-order valence-electron chi connectivity index (χ1n) is 10.4. The molecule has 0 amide bonds. The minimum Gasteiger partial charge on any atom is -0.469 e. The molecule has 0 aromatic heterocycles. The van der Waals surface area contributed by atoms with Crippen LogP contribution in [0.2, 0.25) is 18.1 Å². The molecule has 162 valence electrons. The van der Waals surface area contributed by atoms with E-state index in [4.69, 9.17) is 18.6 Å². The summed E-state index contributed by atoms with van der Waals surface area (Å²) in [5.41, 5.74) is 1.05. The van der Waals surface area contributed by atoms with Crippen LogP contribution in [0.4, 0.5) is 0 Å². The van der Waals surface area contributed by atoms with Gasteiger partial charge in [0, 0.05) is 24.9 Å². The molecule has 5 rings (SSSR count). The van der Waals surface area contributed by atoms with Crippen LogP contribution >= 0.6 is 15.9 Å². The number of ether oxygens (including phenoxy) is 3. The SMILES string of the molecule is COC(=O)[C@@H]1C=C2[C@@H]3C[C@@H]4OCC([C@@H]1CO[Si](C)(C)C(C)(C)C)[C@H]2[C@]4(Br)C(=O)O3. The monoisotopic (exact) mass is 486 g/mol. The third-order valence-corrected chi connectivity index (χ3v) is 13.7. The second-order valence-corrected chi connectivity index (χ2v) is 16.4. The van der Waals surface area contributed by atoms with Gasteiger partial charge in [0.2, 0.25) is 0 Å². The van der Waals surface area contributed by atoms with Crippen LogP contribution in [0.3, 0.4) is 0 Å². The maximum Gasteiger partial charge on any atom is 0.326 e. The molecule has 8 heteroatoms. The summed E-state index contributed by atoms with van der Waals surface area (Å²) in [5, 5.41) is 0.0714. The third-order valence-electron chi connectivity index (χ3n) is 7.86. The lowest BCUT2D eigenvalue weighted by atomic mass is 9.56. The van der Waals surface area contributed by atoms with Gasteiger partial charge >= 0.3 is 11.9 Å². The number of carbonyl (C=O) groups is 2. The van der Waals surface area contributed by atoms with Gasteiger partial charge < -0.3 is 18.6 Å². The highest BCUT2D eigenvalue weighted by Crippen LogP contribution is 2.61. The van der Waals surface area contributed by atoms with E-state index in [9.17, 15) is 9.59 Å². The van der Waals surface area contributed by atoms with Gasteiger partial charge in [0.1, 0.15) is 6.10 Å². The summed E-state index contributed by atoms with van der Waals surface area (Å²) in [6, 6.07) is 0. The van der Waals surface area contributed by atoms with Crippen molar-refractivity contribution in [3.8, 4) is 0 Å². The molecule has 29 heavy (non-hydrogen) atoms. The average Bonchev–Trinajstić information content (AvgIpc) is 2.63. The van der Waals surface area contributed by atoms with Gasteiger partial charge in [-0.2, -0.15) is 0 Å². The fourth-order valence-corrected chi connectivity index (χ4v) is 7.18. The maximum atomic E-state index is 12.8. The van der Waals surface area contributed by atoms with Crippen molar-refractivity contribution >= 4 is 36.2 Å². The molecule has 0 N–H and O–H groups in total. The Hall–Kier alpha value is -0.703. The molecule has 4 bridgehead atoms. The van der Waals surface area contributed by atoms with E-state index in [1.165, 1.54) is 7.11 Å². The first-order valence-corrected chi connectivity index (χ1v) is 14.1. The van der Waals surface area contributed by atoms with Gasteiger partial charge in [-0.1, -0.05) is 42.8 Å². The Labute approximate surface area is 181 Å². The zero-order valence-corrected chi connectivity index (χ0v) is 20.6. The van der Waals surface area contributed by atoms with E-state index in [1.54, 1.807) is 0 Å². The fraction of sp³-hybridized carbons (Fsp3) is 0.810. The molecular weight excluding hydrogens is 456 g/mol. The molecule has 3 aliphatic heterocycles. The van der Waals surface area contributed by atoms with Crippen molar-refractivity contribution in [1.82, 2.24) is 0 Å². The lowest BCUT2D eigenvalue weighted by Crippen LogP contribution is -2.71. The van der Waals surface area contributed by atoms with Crippen molar-refractivity contribution in [2.75, 3.05) is 20.3 Å². The number of esters is 2. The van der Waals surface area contributed by atoms with Gasteiger partial charge in [-0.25, -0.2) is 0 Å². The Kier molecular flexibility index (Phi) is 5.12. The van der Waals surface area contributed by atoms with Crippen LogP contribution in [-0.4, -0.2) is 57.1 Å². The van der Waals surface area contributed by atoms with Gasteiger partial charge in [0.05, 0.1) is 25.7 Å². The summed E-state index contributed by atoms with van der Waals surface area (Å²) in [6.45, 7) is 12.0. The number of alkyl halides is 1. The van der Waals surface area contributed by atoms with Crippen LogP contribution in [0.5, 0.6) is 0 Å². The topological polar surface area (TPSA) is 71.1 Å². The predicted molar refractivity (Wildman–Crippen MR) is 113 cm³/mol. The molecular formula is C21H31BrO6Si. The standard InChI is InChI=1S/C21H31BrO6Si/c1-20(2,3)29(5,6)27-10-13-11(18(23)25-4)7-12-15-8-16-21(22,19(24)28-15)17(12)14(13)9-26-16/h7,11,13-17H,8-10H2,1-6H3/t11-,13-,14?,15+,16+,17+,21+/m1/s1. The summed E-state index contributed by atoms with van der Waals surface area (Å²) in [6.07, 6.45) is 2.13. The van der Waals surface area contributed by atoms with E-state index in [1.807, 2.05) is 6.08 Å². The van der Waals surface area contributed by atoms with Crippen LogP contribution in [-0.2, 0) is 28.2 Å². The molecule has 5 aliphatic rings. The lowest BCUT2D eigenvalue weighted by Gasteiger charge is -2.61. The van der Waals surface area contributed by atoms with Crippen LogP contribution in [0.25, 0.3) is 0 Å². The molecule has 4 fully saturated rings. The number of methoxy groups -OCH3 is 1. The molecule has 3 heterocycles. The van der Waals surface area contributed by atoms with Gasteiger partial charge in [0.15, 0.2) is 12.6 Å². The Balaban J connectivity index is 1.71. The third kappa shape index (κ3) is 3.08. The summed E-state index contributed by atoms with van der Waals surface area (Å²) in [5.74, 6) is -1.07. The number of hydrogen-bond acceptors (Lipinski definition) is 6. The van der Waals surface area contributed by atoms with Crippen molar-refractivity contribution in [2.45, 2.75) is 61.9 Å². The first kappa shape index (κ1) is 21.5. The minimum absolute atomic E-state index is 0.00450. The predicted octanol–water partition coefficient (Wildman–Crippen LogP) is 3.45. The van der Waals surface area contributed by atoms with Crippen molar-refractivity contribution in [2.24, 2.45) is 23.7 Å². The van der Waals surface area contributed by atoms with E-state index in [0.29, 0.717) is 19.6 Å². The zero-order valence-electron chi connectivity index (χ0n) is 18.0. The van der Waals surface area contributed by atoms with Gasteiger partial charge in [-0.05, 0) is 29.6 Å². The Morgan fingerprint density at radius 2 is 2.07 bits per heavy atom. The summed E-state index contributed by atoms with van der Waals surface area (Å²) < 4.78 is 22.6. The number of carbonyl (C=O) groups excluding carboxylic acids is 2. The second kappa shape index (κ2) is 6.90. The average molecular weight is 487 g/mol. The normalized spacial score (nSPS) is 40.9. The molecule has 1 saturated carbocycles. The molecule has 7 atom stereocenters. The molecule has 0 spiro atoms. The van der Waals surface area contributed by atoms with E-state index in [2.05, 4.69) is 49.8 Å². The van der Waals surface area contributed by atoms with Crippen LogP contribution in [0, 0.1) is 23.7 Å². The molecule has 3 saturated heterocycles. The smallest absolute Gasteiger partial charge is 0.326 e. The fourth-order valence-electron chi connectivity index (χ4n) is 5.12. The number of hydrogen-bond donors (Lipinski definition) is 0. The van der Waals surface area contributed by atoms with Crippen LogP contribution < -0.4 is 0 Å². The Morgan fingerprint density at radius 1 is 1.38 bits per heavy atom. The van der Waals surface area contributed by atoms with Gasteiger partial charge in [-0.15, -0.1) is 0 Å². The highest BCUT2D eigenvalue weighted by molar-refractivity contribution is 9.10. The molecule has 1 unspecified atom stereocenters. The van der Waals surface area contributed by atoms with E-state index >= 15 is 0 Å². The van der Waals surface area contributed by atoms with E-state index in [0.717, 1.165) is 5.57 Å². The minimum atomic E-state index is -2.00. The molecule has 2 aliphatic carbocycles. The molecule has 0 aromatic rings. The molecule has 0 radical (unpaired) electrons. The summed E-state index contributed by atoms with van der Waals surface area (Å²) in [4.78, 5) is 25.5. The number of rotatable bonds is 4. The quantitative estimate of drug-likeness (QED) is 0.262. The van der Waals surface area contributed by atoms with E-state index in [-0.39, 0.29) is 46.9 Å². The maximum absolute atomic E-state index is 12.8. The zero-order chi connectivity index (χ0) is 21.4. The van der Waals surface area contributed by atoms with Gasteiger partial charge in [0.25, 0.3) is 0 Å². The van der Waals surface area contributed by atoms with Gasteiger partial charge in [-0.3, -0.25) is 9.59 Å². The summed E-state index contributed by atoms with van der Waals surface area (Å²) in [7, 11) is -0.580. The molecule has 0 aromatic carbocycles. The molecule has 6 nitrogen and oxygen atoms in total. The van der Waals surface area contributed by atoms with Crippen molar-refractivity contribution < 1.29 is 28.2 Å². The van der Waals surface area contributed by atoms with E-state index < -0.39 is 18.6 Å². The van der Waals surface area contributed by atoms with Crippen molar-refractivity contribution in [1.29, 1.82) is 0 Å². The number of fused-ring (bicyclic) bond motifs is 1. The van der Waals surface area contributed by atoms with Crippen molar-refractivity contribution in [3.63, 3.8) is 0 Å². The number of halogens is 1. The van der Waals surface area contributed by atoms with Crippen LogP contribution in [0.15, 0.2) is 11.6 Å². The Morgan fingerprint density at radius 3 is 2.69 bits per heavy atom. The largest absolute Gasteiger partial charge is 0.469 e. The van der Waals surface area contributed by atoms with Crippen molar-refractivity contribution in [3.05, 3.63) is 11.6 Å². The highest BCUT2D eigenvalue weighted by Gasteiger charge is 2.69. The Bertz CT molecular complexity index is 759. The second-order valence-electron chi connectivity index (χ2n) is 10.3. The highest BCUT2D eigenvalue weighted by atomic mass is 79.9. The first-order chi connectivity index (χ1) is 13.4.